The fourth-order valence-corrected chi connectivity index (χ4v) is 5.49. The standard InChI is InChI=1S/C21H31N3O4S/c1-18(25)19-7-9-20(10-8-19)29(27,28)24-15-13-22(14-16-24)17-21(26)23-11-5-3-2-4-6-12-23/h7-10H,2-6,11-17H2,1H3/p+1. The Morgan fingerprint density at radius 1 is 0.897 bits per heavy atom. The lowest BCUT2D eigenvalue weighted by Gasteiger charge is -2.32. The molecule has 1 aromatic carbocycles. The topological polar surface area (TPSA) is 79.2 Å². The van der Waals surface area contributed by atoms with Crippen LogP contribution in [-0.2, 0) is 14.8 Å². The van der Waals surface area contributed by atoms with Crippen molar-refractivity contribution in [2.45, 2.75) is 43.9 Å². The number of Topliss-reactive ketones (excluding diaryl/α,β-unsaturated/α-hetero) is 1. The van der Waals surface area contributed by atoms with Gasteiger partial charge in [-0.05, 0) is 31.9 Å². The SMILES string of the molecule is CC(=O)c1ccc(S(=O)(=O)N2CC[NH+](CC(=O)N3CCCCCCC3)CC2)cc1. The molecule has 0 bridgehead atoms. The Morgan fingerprint density at radius 2 is 1.45 bits per heavy atom. The van der Waals surface area contributed by atoms with Gasteiger partial charge >= 0.3 is 0 Å². The van der Waals surface area contributed by atoms with Gasteiger partial charge in [-0.2, -0.15) is 4.31 Å². The maximum absolute atomic E-state index is 12.9. The molecule has 2 saturated heterocycles. The van der Waals surface area contributed by atoms with Gasteiger partial charge in [0.2, 0.25) is 10.0 Å². The third-order valence-corrected chi connectivity index (χ3v) is 7.85. The number of nitrogens with zero attached hydrogens (tertiary/aromatic N) is 2. The fraction of sp³-hybridized carbons (Fsp3) is 0.619. The van der Waals surface area contributed by atoms with Gasteiger partial charge in [0, 0.05) is 18.7 Å². The van der Waals surface area contributed by atoms with Crippen LogP contribution in [-0.4, -0.2) is 75.1 Å². The highest BCUT2D eigenvalue weighted by Crippen LogP contribution is 2.17. The molecule has 0 unspecified atom stereocenters. The maximum atomic E-state index is 12.9. The maximum Gasteiger partial charge on any atom is 0.277 e. The lowest BCUT2D eigenvalue weighted by molar-refractivity contribution is -0.896. The van der Waals surface area contributed by atoms with Crippen molar-refractivity contribution < 1.29 is 22.9 Å². The quantitative estimate of drug-likeness (QED) is 0.704. The zero-order valence-corrected chi connectivity index (χ0v) is 18.0. The number of hydrogen-bond donors (Lipinski definition) is 1. The minimum Gasteiger partial charge on any atom is -0.338 e. The molecule has 0 spiro atoms. The summed E-state index contributed by atoms with van der Waals surface area (Å²) in [5.41, 5.74) is 0.501. The molecule has 2 aliphatic rings. The Morgan fingerprint density at radius 3 is 2.00 bits per heavy atom. The first-order valence-corrected chi connectivity index (χ1v) is 12.0. The number of carbonyl (C=O) groups excluding carboxylic acids is 2. The molecule has 160 valence electrons. The van der Waals surface area contributed by atoms with Crippen molar-refractivity contribution >= 4 is 21.7 Å². The van der Waals surface area contributed by atoms with E-state index in [4.69, 9.17) is 0 Å². The molecule has 1 aromatic rings. The van der Waals surface area contributed by atoms with Crippen LogP contribution < -0.4 is 4.90 Å². The van der Waals surface area contributed by atoms with Crippen LogP contribution in [0.5, 0.6) is 0 Å². The first-order chi connectivity index (χ1) is 13.9. The Hall–Kier alpha value is -1.77. The number of sulfonamides is 1. The molecule has 0 saturated carbocycles. The van der Waals surface area contributed by atoms with Crippen LogP contribution in [0.2, 0.25) is 0 Å². The van der Waals surface area contributed by atoms with E-state index < -0.39 is 10.0 Å². The number of quaternary nitrogens is 1. The second-order valence-electron chi connectivity index (χ2n) is 8.06. The van der Waals surface area contributed by atoms with Crippen molar-refractivity contribution in [1.82, 2.24) is 9.21 Å². The fourth-order valence-electron chi connectivity index (χ4n) is 4.05. The molecule has 0 aromatic heterocycles. The van der Waals surface area contributed by atoms with Crippen LogP contribution in [0, 0.1) is 0 Å². The smallest absolute Gasteiger partial charge is 0.277 e. The van der Waals surface area contributed by atoms with Gasteiger partial charge in [0.1, 0.15) is 0 Å². The van der Waals surface area contributed by atoms with E-state index in [0.717, 1.165) is 30.8 Å². The summed E-state index contributed by atoms with van der Waals surface area (Å²) in [6.45, 7) is 5.67. The third kappa shape index (κ3) is 5.65. The summed E-state index contributed by atoms with van der Waals surface area (Å²) in [7, 11) is -3.57. The van der Waals surface area contributed by atoms with Crippen molar-refractivity contribution in [3.8, 4) is 0 Å². The average molecular weight is 423 g/mol. The van der Waals surface area contributed by atoms with Gasteiger partial charge < -0.3 is 9.80 Å². The highest BCUT2D eigenvalue weighted by molar-refractivity contribution is 7.89. The summed E-state index contributed by atoms with van der Waals surface area (Å²) in [4.78, 5) is 27.4. The summed E-state index contributed by atoms with van der Waals surface area (Å²) in [6.07, 6.45) is 5.81. The molecule has 0 aliphatic carbocycles. The molecule has 0 radical (unpaired) electrons. The molecule has 0 atom stereocenters. The zero-order chi connectivity index (χ0) is 20.9. The van der Waals surface area contributed by atoms with E-state index in [9.17, 15) is 18.0 Å². The molecule has 29 heavy (non-hydrogen) atoms. The van der Waals surface area contributed by atoms with Crippen LogP contribution in [0.3, 0.4) is 0 Å². The molecule has 2 heterocycles. The monoisotopic (exact) mass is 422 g/mol. The average Bonchev–Trinajstić information content (AvgIpc) is 2.68. The predicted molar refractivity (Wildman–Crippen MR) is 110 cm³/mol. The number of amides is 1. The first-order valence-electron chi connectivity index (χ1n) is 10.6. The number of benzene rings is 1. The number of piperazine rings is 1. The molecule has 3 rings (SSSR count). The van der Waals surface area contributed by atoms with Crippen LogP contribution in [0.4, 0.5) is 0 Å². The van der Waals surface area contributed by atoms with Crippen molar-refractivity contribution in [3.05, 3.63) is 29.8 Å². The van der Waals surface area contributed by atoms with E-state index in [1.165, 1.54) is 42.6 Å². The van der Waals surface area contributed by atoms with Gasteiger partial charge in [-0.1, -0.05) is 31.4 Å². The Balaban J connectivity index is 1.53. The van der Waals surface area contributed by atoms with Gasteiger partial charge in [0.15, 0.2) is 12.3 Å². The van der Waals surface area contributed by atoms with E-state index in [1.807, 2.05) is 4.90 Å². The number of ketones is 1. The highest BCUT2D eigenvalue weighted by atomic mass is 32.2. The Bertz CT molecular complexity index is 807. The van der Waals surface area contributed by atoms with Crippen LogP contribution in [0.1, 0.15) is 49.4 Å². The van der Waals surface area contributed by atoms with Crippen molar-refractivity contribution in [1.29, 1.82) is 0 Å². The van der Waals surface area contributed by atoms with Gasteiger partial charge in [-0.15, -0.1) is 0 Å². The number of nitrogens with one attached hydrogen (secondary N) is 1. The number of hydrogen-bond acceptors (Lipinski definition) is 4. The Kier molecular flexibility index (Phi) is 7.43. The van der Waals surface area contributed by atoms with Gasteiger partial charge in [-0.3, -0.25) is 9.59 Å². The lowest BCUT2D eigenvalue weighted by Crippen LogP contribution is -3.15. The second-order valence-corrected chi connectivity index (χ2v) is 10.00. The molecule has 1 N–H and O–H groups in total. The molecule has 8 heteroatoms. The first kappa shape index (κ1) is 21.9. The van der Waals surface area contributed by atoms with Crippen LogP contribution in [0.25, 0.3) is 0 Å². The van der Waals surface area contributed by atoms with E-state index in [1.54, 1.807) is 12.1 Å². The predicted octanol–water partition coefficient (Wildman–Crippen LogP) is 0.571. The van der Waals surface area contributed by atoms with E-state index in [2.05, 4.69) is 0 Å². The lowest BCUT2D eigenvalue weighted by atomic mass is 10.1. The zero-order valence-electron chi connectivity index (χ0n) is 17.2. The van der Waals surface area contributed by atoms with E-state index in [0.29, 0.717) is 38.3 Å². The van der Waals surface area contributed by atoms with E-state index in [-0.39, 0.29) is 16.6 Å². The van der Waals surface area contributed by atoms with Gasteiger partial charge in [-0.25, -0.2) is 8.42 Å². The molecule has 2 aliphatic heterocycles. The minimum atomic E-state index is -3.57. The molecular formula is C21H32N3O4S+. The van der Waals surface area contributed by atoms with Gasteiger partial charge in [0.25, 0.3) is 5.91 Å². The minimum absolute atomic E-state index is 0.0872. The number of carbonyl (C=O) groups is 2. The highest BCUT2D eigenvalue weighted by Gasteiger charge is 2.32. The van der Waals surface area contributed by atoms with Crippen molar-refractivity contribution in [3.63, 3.8) is 0 Å². The molecule has 1 amide bonds. The Labute approximate surface area is 173 Å². The summed E-state index contributed by atoms with van der Waals surface area (Å²) < 4.78 is 27.2. The number of rotatable bonds is 5. The largest absolute Gasteiger partial charge is 0.338 e. The van der Waals surface area contributed by atoms with E-state index >= 15 is 0 Å². The van der Waals surface area contributed by atoms with Gasteiger partial charge in [0.05, 0.1) is 31.1 Å². The summed E-state index contributed by atoms with van der Waals surface area (Å²) in [5, 5.41) is 0. The third-order valence-electron chi connectivity index (χ3n) is 5.94. The summed E-state index contributed by atoms with van der Waals surface area (Å²) in [6, 6.07) is 6.10. The second kappa shape index (κ2) is 9.82. The number of likely N-dealkylation sites (tertiary alicyclic amines) is 1. The summed E-state index contributed by atoms with van der Waals surface area (Å²) >= 11 is 0. The van der Waals surface area contributed by atoms with Crippen LogP contribution in [0.15, 0.2) is 29.2 Å². The molecule has 7 nitrogen and oxygen atoms in total. The van der Waals surface area contributed by atoms with Crippen molar-refractivity contribution in [2.75, 3.05) is 45.8 Å². The van der Waals surface area contributed by atoms with Crippen molar-refractivity contribution in [2.24, 2.45) is 0 Å². The summed E-state index contributed by atoms with van der Waals surface area (Å²) in [5.74, 6) is 0.105. The normalized spacial score (nSPS) is 20.1. The molecule has 2 fully saturated rings. The van der Waals surface area contributed by atoms with Crippen LogP contribution >= 0.6 is 0 Å². The molecular weight excluding hydrogens is 390 g/mol.